The summed E-state index contributed by atoms with van der Waals surface area (Å²) in [5.41, 5.74) is 0.461. The Hall–Kier alpha value is -3.14. The number of carbonyl (C=O) groups is 2. The number of phenolic OH excluding ortho intramolecular Hbond substituents is 1. The first-order valence-electron chi connectivity index (χ1n) is 8.39. The largest absolute Gasteiger partial charge is 0.506 e. The smallest absolute Gasteiger partial charge is 0.325 e. The van der Waals surface area contributed by atoms with Crippen LogP contribution in [-0.2, 0) is 9.53 Å². The summed E-state index contributed by atoms with van der Waals surface area (Å²) in [5.74, 6) is -3.90. The number of aromatic nitrogens is 2. The molecule has 0 aliphatic heterocycles. The number of phenols is 1. The van der Waals surface area contributed by atoms with Crippen molar-refractivity contribution >= 4 is 38.8 Å². The van der Waals surface area contributed by atoms with E-state index in [-0.39, 0.29) is 38.9 Å². The Bertz CT molecular complexity index is 1120. The van der Waals surface area contributed by atoms with E-state index in [0.717, 1.165) is 12.1 Å². The normalized spacial score (nSPS) is 10.8. The van der Waals surface area contributed by atoms with E-state index >= 15 is 0 Å². The van der Waals surface area contributed by atoms with Crippen LogP contribution in [0.4, 0.5) is 8.78 Å². The van der Waals surface area contributed by atoms with E-state index in [1.807, 2.05) is 0 Å². The first kappa shape index (κ1) is 20.6. The molecule has 2 aromatic carbocycles. The summed E-state index contributed by atoms with van der Waals surface area (Å²) in [6.45, 7) is 1.38. The number of ether oxygens (including phenoxy) is 1. The number of rotatable bonds is 5. The van der Waals surface area contributed by atoms with Crippen LogP contribution >= 0.6 is 15.9 Å². The number of aromatic hydroxyl groups is 1. The predicted molar refractivity (Wildman–Crippen MR) is 103 cm³/mol. The first-order valence-corrected chi connectivity index (χ1v) is 9.18. The van der Waals surface area contributed by atoms with Crippen molar-refractivity contribution in [2.45, 2.75) is 6.92 Å². The minimum absolute atomic E-state index is 0.0225. The van der Waals surface area contributed by atoms with Crippen LogP contribution in [-0.4, -0.2) is 40.1 Å². The van der Waals surface area contributed by atoms with Gasteiger partial charge in [0.05, 0.1) is 28.5 Å². The summed E-state index contributed by atoms with van der Waals surface area (Å²) in [7, 11) is 0. The average Bonchev–Trinajstić information content (AvgIpc) is 2.69. The third-order valence-electron chi connectivity index (χ3n) is 3.91. The fourth-order valence-electron chi connectivity index (χ4n) is 2.57. The van der Waals surface area contributed by atoms with E-state index < -0.39 is 35.8 Å². The summed E-state index contributed by atoms with van der Waals surface area (Å²) >= 11 is 3.14. The quantitative estimate of drug-likeness (QED) is 0.560. The molecule has 29 heavy (non-hydrogen) atoms. The second kappa shape index (κ2) is 8.48. The van der Waals surface area contributed by atoms with Gasteiger partial charge in [-0.1, -0.05) is 0 Å². The Morgan fingerprint density at radius 2 is 2.00 bits per heavy atom. The van der Waals surface area contributed by atoms with Gasteiger partial charge in [0.1, 0.15) is 23.4 Å². The van der Waals surface area contributed by atoms with Crippen LogP contribution in [0.1, 0.15) is 17.3 Å². The maximum absolute atomic E-state index is 13.6. The number of halogens is 3. The molecule has 1 aromatic heterocycles. The highest BCUT2D eigenvalue weighted by Crippen LogP contribution is 2.34. The molecular weight excluding hydrogens is 452 g/mol. The van der Waals surface area contributed by atoms with E-state index in [4.69, 9.17) is 4.74 Å². The fraction of sp³-hybridized carbons (Fsp3) is 0.158. The molecular formula is C19H14BrF2N3O4. The highest BCUT2D eigenvalue weighted by atomic mass is 79.9. The molecule has 10 heteroatoms. The lowest BCUT2D eigenvalue weighted by atomic mass is 10.1. The van der Waals surface area contributed by atoms with Crippen LogP contribution in [0.2, 0.25) is 0 Å². The summed E-state index contributed by atoms with van der Waals surface area (Å²) < 4.78 is 31.7. The van der Waals surface area contributed by atoms with Crippen LogP contribution in [0.5, 0.6) is 5.75 Å². The van der Waals surface area contributed by atoms with Gasteiger partial charge in [-0.3, -0.25) is 14.6 Å². The maximum Gasteiger partial charge on any atom is 0.325 e. The topological polar surface area (TPSA) is 101 Å². The predicted octanol–water partition coefficient (Wildman–Crippen LogP) is 3.34. The molecule has 1 amide bonds. The number of carbonyl (C=O) groups excluding carboxylic acids is 2. The van der Waals surface area contributed by atoms with Crippen molar-refractivity contribution in [3.8, 4) is 17.0 Å². The van der Waals surface area contributed by atoms with Crippen LogP contribution in [0, 0.1) is 11.6 Å². The Kier molecular flexibility index (Phi) is 6.02. The van der Waals surface area contributed by atoms with Gasteiger partial charge in [-0.2, -0.15) is 0 Å². The molecule has 2 N–H and O–H groups in total. The molecule has 0 aliphatic rings. The van der Waals surface area contributed by atoms with E-state index in [1.165, 1.54) is 18.3 Å². The van der Waals surface area contributed by atoms with E-state index in [1.54, 1.807) is 6.92 Å². The van der Waals surface area contributed by atoms with Crippen molar-refractivity contribution in [3.63, 3.8) is 0 Å². The molecule has 0 saturated heterocycles. The summed E-state index contributed by atoms with van der Waals surface area (Å²) in [6, 6.07) is 4.66. The van der Waals surface area contributed by atoms with Gasteiger partial charge in [-0.05, 0) is 47.1 Å². The molecule has 0 bridgehead atoms. The molecule has 0 radical (unpaired) electrons. The number of fused-ring (bicyclic) bond motifs is 1. The van der Waals surface area contributed by atoms with Gasteiger partial charge < -0.3 is 15.2 Å². The second-order valence-electron chi connectivity index (χ2n) is 5.82. The Balaban J connectivity index is 2.07. The van der Waals surface area contributed by atoms with Gasteiger partial charge in [-0.25, -0.2) is 13.8 Å². The number of hydrogen-bond donors (Lipinski definition) is 2. The van der Waals surface area contributed by atoms with Gasteiger partial charge in [0, 0.05) is 5.56 Å². The minimum atomic E-state index is -1.06. The van der Waals surface area contributed by atoms with Crippen LogP contribution in [0.3, 0.4) is 0 Å². The van der Waals surface area contributed by atoms with Crippen molar-refractivity contribution in [2.75, 3.05) is 13.2 Å². The van der Waals surface area contributed by atoms with Crippen molar-refractivity contribution in [2.24, 2.45) is 0 Å². The Labute approximate surface area is 171 Å². The molecule has 0 aliphatic carbocycles. The molecule has 3 rings (SSSR count). The molecule has 7 nitrogen and oxygen atoms in total. The van der Waals surface area contributed by atoms with Gasteiger partial charge >= 0.3 is 5.97 Å². The lowest BCUT2D eigenvalue weighted by molar-refractivity contribution is -0.141. The molecule has 3 aromatic rings. The highest BCUT2D eigenvalue weighted by molar-refractivity contribution is 9.10. The number of nitrogens with zero attached hydrogens (tertiary/aromatic N) is 2. The number of hydrogen-bond acceptors (Lipinski definition) is 6. The number of benzene rings is 2. The standard InChI is InChI=1S/C19H14BrF2N3O4/c1-2-29-15(26)8-24-19(28)16-17-13(6-10(20)18(16)27)23-7-14(25-17)9-3-4-11(21)12(22)5-9/h3-7,27H,2,8H2,1H3,(H,24,28). The van der Waals surface area contributed by atoms with Crippen molar-refractivity contribution in [3.05, 3.63) is 52.1 Å². The van der Waals surface area contributed by atoms with Crippen LogP contribution in [0.15, 0.2) is 34.9 Å². The Morgan fingerprint density at radius 1 is 1.24 bits per heavy atom. The number of amides is 1. The zero-order chi connectivity index (χ0) is 21.1. The Morgan fingerprint density at radius 3 is 2.69 bits per heavy atom. The van der Waals surface area contributed by atoms with E-state index in [9.17, 15) is 23.5 Å². The molecule has 0 saturated carbocycles. The lowest BCUT2D eigenvalue weighted by Gasteiger charge is -2.11. The molecule has 1 heterocycles. The van der Waals surface area contributed by atoms with Crippen molar-refractivity contribution in [1.29, 1.82) is 0 Å². The first-order chi connectivity index (χ1) is 13.8. The van der Waals surface area contributed by atoms with Crippen LogP contribution in [0.25, 0.3) is 22.3 Å². The maximum atomic E-state index is 13.6. The second-order valence-corrected chi connectivity index (χ2v) is 6.68. The monoisotopic (exact) mass is 465 g/mol. The van der Waals surface area contributed by atoms with Crippen molar-refractivity contribution in [1.82, 2.24) is 15.3 Å². The molecule has 0 unspecified atom stereocenters. The summed E-state index contributed by atoms with van der Waals surface area (Å²) in [6.07, 6.45) is 1.33. The third kappa shape index (κ3) is 4.32. The van der Waals surface area contributed by atoms with Gasteiger partial charge in [0.25, 0.3) is 5.91 Å². The van der Waals surface area contributed by atoms with Gasteiger partial charge in [0.15, 0.2) is 11.6 Å². The molecule has 0 fully saturated rings. The highest BCUT2D eigenvalue weighted by Gasteiger charge is 2.22. The van der Waals surface area contributed by atoms with Gasteiger partial charge in [0.2, 0.25) is 0 Å². The number of esters is 1. The molecule has 0 spiro atoms. The zero-order valence-electron chi connectivity index (χ0n) is 15.0. The minimum Gasteiger partial charge on any atom is -0.506 e. The third-order valence-corrected chi connectivity index (χ3v) is 4.51. The summed E-state index contributed by atoms with van der Waals surface area (Å²) in [4.78, 5) is 32.6. The molecule has 150 valence electrons. The van der Waals surface area contributed by atoms with Crippen LogP contribution < -0.4 is 5.32 Å². The molecule has 0 atom stereocenters. The average molecular weight is 466 g/mol. The lowest BCUT2D eigenvalue weighted by Crippen LogP contribution is -2.31. The van der Waals surface area contributed by atoms with Crippen molar-refractivity contribution < 1.29 is 28.2 Å². The number of nitrogens with one attached hydrogen (secondary N) is 1. The van der Waals surface area contributed by atoms with E-state index in [0.29, 0.717) is 0 Å². The zero-order valence-corrected chi connectivity index (χ0v) is 16.6. The van der Waals surface area contributed by atoms with Gasteiger partial charge in [-0.15, -0.1) is 0 Å². The summed E-state index contributed by atoms with van der Waals surface area (Å²) in [5, 5.41) is 12.7. The fourth-order valence-corrected chi connectivity index (χ4v) is 2.99. The van der Waals surface area contributed by atoms with E-state index in [2.05, 4.69) is 31.2 Å². The SMILES string of the molecule is CCOC(=O)CNC(=O)c1c(O)c(Br)cc2ncc(-c3ccc(F)c(F)c3)nc12.